The van der Waals surface area contributed by atoms with E-state index in [-0.39, 0.29) is 11.3 Å². The molecule has 0 amide bonds. The van der Waals surface area contributed by atoms with Gasteiger partial charge in [-0.3, -0.25) is 0 Å². The van der Waals surface area contributed by atoms with Crippen molar-refractivity contribution in [3.05, 3.63) is 52.0 Å². The number of hydrogen-bond acceptors (Lipinski definition) is 3. The maximum Gasteiger partial charge on any atom is 0.337 e. The molecule has 0 atom stereocenters. The summed E-state index contributed by atoms with van der Waals surface area (Å²) in [5.74, 6) is -1.06. The second kappa shape index (κ2) is 5.74. The van der Waals surface area contributed by atoms with Gasteiger partial charge in [0.2, 0.25) is 0 Å². The predicted octanol–water partition coefficient (Wildman–Crippen LogP) is 4.43. The van der Waals surface area contributed by atoms with E-state index in [0.29, 0.717) is 10.0 Å². The van der Waals surface area contributed by atoms with Crippen LogP contribution in [0.4, 0.5) is 5.69 Å². The van der Waals surface area contributed by atoms with Crippen LogP contribution in [0.3, 0.4) is 0 Å². The average Bonchev–Trinajstić information content (AvgIpc) is 2.36. The zero-order chi connectivity index (χ0) is 14.0. The van der Waals surface area contributed by atoms with Crippen molar-refractivity contribution in [2.45, 2.75) is 9.79 Å². The maximum absolute atomic E-state index is 11.0. The summed E-state index contributed by atoms with van der Waals surface area (Å²) in [5, 5.41) is 10.1. The molecule has 0 saturated heterocycles. The van der Waals surface area contributed by atoms with Crippen LogP contribution in [-0.2, 0) is 0 Å². The summed E-state index contributed by atoms with van der Waals surface area (Å²) < 4.78 is 0. The van der Waals surface area contributed by atoms with Gasteiger partial charge in [0.25, 0.3) is 0 Å². The lowest BCUT2D eigenvalue weighted by atomic mass is 10.2. The third-order valence-corrected chi connectivity index (χ3v) is 4.10. The van der Waals surface area contributed by atoms with Gasteiger partial charge in [-0.1, -0.05) is 35.0 Å². The lowest BCUT2D eigenvalue weighted by Gasteiger charge is -2.07. The number of halogens is 2. The minimum atomic E-state index is -1.06. The molecule has 0 saturated carbocycles. The number of anilines is 1. The van der Waals surface area contributed by atoms with Crippen molar-refractivity contribution in [2.24, 2.45) is 0 Å². The molecule has 6 heteroatoms. The largest absolute Gasteiger partial charge is 0.478 e. The first-order valence-electron chi connectivity index (χ1n) is 5.23. The van der Waals surface area contributed by atoms with Gasteiger partial charge in [0.1, 0.15) is 0 Å². The Morgan fingerprint density at radius 3 is 2.58 bits per heavy atom. The van der Waals surface area contributed by atoms with Crippen LogP contribution < -0.4 is 5.73 Å². The van der Waals surface area contributed by atoms with Crippen molar-refractivity contribution >= 4 is 46.6 Å². The van der Waals surface area contributed by atoms with Crippen molar-refractivity contribution in [1.82, 2.24) is 0 Å². The van der Waals surface area contributed by atoms with E-state index < -0.39 is 5.97 Å². The molecule has 0 bridgehead atoms. The van der Waals surface area contributed by atoms with E-state index in [9.17, 15) is 4.79 Å². The fourth-order valence-corrected chi connectivity index (χ4v) is 2.85. The number of rotatable bonds is 3. The average molecular weight is 314 g/mol. The van der Waals surface area contributed by atoms with Crippen molar-refractivity contribution in [3.8, 4) is 0 Å². The Morgan fingerprint density at radius 1 is 1.16 bits per heavy atom. The van der Waals surface area contributed by atoms with Crippen LogP contribution >= 0.6 is 35.0 Å². The molecule has 0 aliphatic carbocycles. The first kappa shape index (κ1) is 14.1. The molecule has 3 N–H and O–H groups in total. The highest BCUT2D eigenvalue weighted by Gasteiger charge is 2.10. The highest BCUT2D eigenvalue weighted by Crippen LogP contribution is 2.36. The van der Waals surface area contributed by atoms with Crippen molar-refractivity contribution in [1.29, 1.82) is 0 Å². The van der Waals surface area contributed by atoms with E-state index in [2.05, 4.69) is 0 Å². The molecule has 0 aliphatic rings. The number of carboxylic acids is 1. The Balaban J connectivity index is 2.36. The normalized spacial score (nSPS) is 10.4. The summed E-state index contributed by atoms with van der Waals surface area (Å²) in [5.41, 5.74) is 5.90. The minimum absolute atomic E-state index is 0.0724. The molecule has 0 unspecified atom stereocenters. The molecule has 2 rings (SSSR count). The van der Waals surface area contributed by atoms with E-state index in [1.54, 1.807) is 30.3 Å². The number of aromatic carboxylic acids is 1. The molecule has 2 aromatic rings. The summed E-state index contributed by atoms with van der Waals surface area (Å²) in [6.45, 7) is 0. The third kappa shape index (κ3) is 3.35. The molecule has 98 valence electrons. The van der Waals surface area contributed by atoms with Crippen LogP contribution in [0.15, 0.2) is 46.2 Å². The first-order valence-corrected chi connectivity index (χ1v) is 6.80. The molecule has 0 radical (unpaired) electrons. The zero-order valence-electron chi connectivity index (χ0n) is 9.56. The molecule has 2 aromatic carbocycles. The molecule has 0 spiro atoms. The standard InChI is InChI=1S/C13H9Cl2NO2S/c14-7-1-3-10(15)12(5-7)19-8-2-4-11(16)9(6-8)13(17)18/h1-6H,16H2,(H,17,18). The monoisotopic (exact) mass is 313 g/mol. The summed E-state index contributed by atoms with van der Waals surface area (Å²) in [6, 6.07) is 9.93. The van der Waals surface area contributed by atoms with Gasteiger partial charge in [-0.15, -0.1) is 0 Å². The van der Waals surface area contributed by atoms with Gasteiger partial charge in [0, 0.05) is 20.5 Å². The Bertz CT molecular complexity index is 647. The maximum atomic E-state index is 11.0. The highest BCUT2D eigenvalue weighted by molar-refractivity contribution is 7.99. The zero-order valence-corrected chi connectivity index (χ0v) is 11.9. The fraction of sp³-hybridized carbons (Fsp3) is 0. The van der Waals surface area contributed by atoms with Crippen LogP contribution in [0.25, 0.3) is 0 Å². The second-order valence-electron chi connectivity index (χ2n) is 3.73. The Morgan fingerprint density at radius 2 is 1.89 bits per heavy atom. The quantitative estimate of drug-likeness (QED) is 0.823. The second-order valence-corrected chi connectivity index (χ2v) is 5.69. The summed E-state index contributed by atoms with van der Waals surface area (Å²) in [4.78, 5) is 12.5. The number of nitrogens with two attached hydrogens (primary N) is 1. The van der Waals surface area contributed by atoms with E-state index >= 15 is 0 Å². The molecular formula is C13H9Cl2NO2S. The lowest BCUT2D eigenvalue weighted by molar-refractivity contribution is 0.0698. The van der Waals surface area contributed by atoms with Crippen molar-refractivity contribution in [2.75, 3.05) is 5.73 Å². The van der Waals surface area contributed by atoms with Crippen LogP contribution in [0.1, 0.15) is 10.4 Å². The van der Waals surface area contributed by atoms with E-state index in [1.165, 1.54) is 17.8 Å². The Kier molecular flexibility index (Phi) is 4.24. The molecule has 0 aliphatic heterocycles. The van der Waals surface area contributed by atoms with Crippen LogP contribution in [0, 0.1) is 0 Å². The highest BCUT2D eigenvalue weighted by atomic mass is 35.5. The number of nitrogen functional groups attached to an aromatic ring is 1. The molecular weight excluding hydrogens is 305 g/mol. The number of carbonyl (C=O) groups is 1. The van der Waals surface area contributed by atoms with Crippen molar-refractivity contribution < 1.29 is 9.90 Å². The van der Waals surface area contributed by atoms with Gasteiger partial charge < -0.3 is 10.8 Å². The summed E-state index contributed by atoms with van der Waals surface area (Å²) >= 11 is 13.3. The van der Waals surface area contributed by atoms with E-state index in [0.717, 1.165) is 9.79 Å². The Labute approximate surface area is 124 Å². The molecule has 19 heavy (non-hydrogen) atoms. The lowest BCUT2D eigenvalue weighted by Crippen LogP contribution is -2.02. The number of benzene rings is 2. The first-order chi connectivity index (χ1) is 8.97. The van der Waals surface area contributed by atoms with Gasteiger partial charge in [-0.05, 0) is 36.4 Å². The topological polar surface area (TPSA) is 63.3 Å². The molecule has 0 heterocycles. The van der Waals surface area contributed by atoms with Crippen molar-refractivity contribution in [3.63, 3.8) is 0 Å². The van der Waals surface area contributed by atoms with Gasteiger partial charge in [-0.2, -0.15) is 0 Å². The van der Waals surface area contributed by atoms with E-state index in [1.807, 2.05) is 0 Å². The third-order valence-electron chi connectivity index (χ3n) is 2.38. The molecule has 0 fully saturated rings. The summed E-state index contributed by atoms with van der Waals surface area (Å²) in [7, 11) is 0. The van der Waals surface area contributed by atoms with E-state index in [4.69, 9.17) is 34.0 Å². The van der Waals surface area contributed by atoms with Gasteiger partial charge >= 0.3 is 5.97 Å². The number of hydrogen-bond donors (Lipinski definition) is 2. The number of carboxylic acid groups (broad SMARTS) is 1. The fourth-order valence-electron chi connectivity index (χ4n) is 1.47. The molecule has 0 aromatic heterocycles. The van der Waals surface area contributed by atoms with Gasteiger partial charge in [-0.25, -0.2) is 4.79 Å². The SMILES string of the molecule is Nc1ccc(Sc2cc(Cl)ccc2Cl)cc1C(=O)O. The predicted molar refractivity (Wildman–Crippen MR) is 78.4 cm³/mol. The van der Waals surface area contributed by atoms with Crippen LogP contribution in [-0.4, -0.2) is 11.1 Å². The molecule has 3 nitrogen and oxygen atoms in total. The smallest absolute Gasteiger partial charge is 0.337 e. The minimum Gasteiger partial charge on any atom is -0.478 e. The van der Waals surface area contributed by atoms with Crippen LogP contribution in [0.5, 0.6) is 0 Å². The summed E-state index contributed by atoms with van der Waals surface area (Å²) in [6.07, 6.45) is 0. The van der Waals surface area contributed by atoms with Crippen LogP contribution in [0.2, 0.25) is 10.0 Å². The van der Waals surface area contributed by atoms with Gasteiger partial charge in [0.15, 0.2) is 0 Å². The van der Waals surface area contributed by atoms with Gasteiger partial charge in [0.05, 0.1) is 10.6 Å². The Hall–Kier alpha value is -1.36.